The minimum Gasteiger partial charge on any atom is -0.354 e. The molecule has 0 saturated carbocycles. The zero-order valence-corrected chi connectivity index (χ0v) is 10.7. The summed E-state index contributed by atoms with van der Waals surface area (Å²) in [6.45, 7) is 3.93. The maximum atomic E-state index is 11.5. The molecule has 2 nitrogen and oxygen atoms in total. The monoisotopic (exact) mass is 269 g/mol. The fourth-order valence-electron chi connectivity index (χ4n) is 1.38. The Kier molecular flexibility index (Phi) is 4.82. The first-order valence-electron chi connectivity index (χ1n) is 5.05. The highest BCUT2D eigenvalue weighted by atomic mass is 79.9. The van der Waals surface area contributed by atoms with Gasteiger partial charge in [-0.1, -0.05) is 40.2 Å². The van der Waals surface area contributed by atoms with Crippen LogP contribution in [0.15, 0.2) is 24.3 Å². The Morgan fingerprint density at radius 2 is 2.07 bits per heavy atom. The second-order valence-electron chi connectivity index (χ2n) is 3.85. The fourth-order valence-corrected chi connectivity index (χ4v) is 1.73. The molecule has 0 radical (unpaired) electrons. The van der Waals surface area contributed by atoms with Gasteiger partial charge in [0.2, 0.25) is 5.91 Å². The average molecular weight is 270 g/mol. The predicted molar refractivity (Wildman–Crippen MR) is 66.1 cm³/mol. The third-order valence-corrected chi connectivity index (χ3v) is 2.61. The summed E-state index contributed by atoms with van der Waals surface area (Å²) in [5.41, 5.74) is 2.26. The molecule has 0 aliphatic carbocycles. The van der Waals surface area contributed by atoms with Crippen LogP contribution in [0.25, 0.3) is 0 Å². The Morgan fingerprint density at radius 1 is 1.40 bits per heavy atom. The Bertz CT molecular complexity index is 336. The second-order valence-corrected chi connectivity index (χ2v) is 4.41. The number of alkyl halides is 1. The fraction of sp³-hybridized carbons (Fsp3) is 0.417. The molecule has 0 saturated heterocycles. The van der Waals surface area contributed by atoms with Gasteiger partial charge in [0, 0.05) is 11.4 Å². The number of hydrogen-bond acceptors (Lipinski definition) is 1. The third kappa shape index (κ3) is 4.47. The van der Waals surface area contributed by atoms with E-state index in [9.17, 15) is 4.79 Å². The van der Waals surface area contributed by atoms with E-state index in [1.54, 1.807) is 0 Å². The lowest BCUT2D eigenvalue weighted by atomic mass is 10.1. The van der Waals surface area contributed by atoms with Crippen molar-refractivity contribution in [2.24, 2.45) is 0 Å². The number of benzene rings is 1. The second kappa shape index (κ2) is 5.91. The highest BCUT2D eigenvalue weighted by Crippen LogP contribution is 2.09. The molecule has 0 heterocycles. The highest BCUT2D eigenvalue weighted by Gasteiger charge is 2.04. The zero-order valence-electron chi connectivity index (χ0n) is 9.09. The molecule has 0 unspecified atom stereocenters. The molecule has 1 amide bonds. The largest absolute Gasteiger partial charge is 0.354 e. The summed E-state index contributed by atoms with van der Waals surface area (Å²) in [6, 6.07) is 8.25. The van der Waals surface area contributed by atoms with Crippen LogP contribution in [0.1, 0.15) is 25.0 Å². The molecule has 15 heavy (non-hydrogen) atoms. The van der Waals surface area contributed by atoms with E-state index in [4.69, 9.17) is 0 Å². The number of carbonyl (C=O) groups is 1. The Hall–Kier alpha value is -0.830. The summed E-state index contributed by atoms with van der Waals surface area (Å²) < 4.78 is 0. The number of rotatable bonds is 4. The summed E-state index contributed by atoms with van der Waals surface area (Å²) in [5, 5.41) is 3.70. The molecule has 82 valence electrons. The van der Waals surface area contributed by atoms with E-state index < -0.39 is 0 Å². The molecule has 0 atom stereocenters. The molecular weight excluding hydrogens is 254 g/mol. The van der Waals surface area contributed by atoms with Crippen molar-refractivity contribution in [3.63, 3.8) is 0 Å². The quantitative estimate of drug-likeness (QED) is 0.837. The summed E-state index contributed by atoms with van der Waals surface area (Å²) in [6.07, 6.45) is 0.457. The molecule has 0 aliphatic heterocycles. The molecule has 1 N–H and O–H groups in total. The first-order chi connectivity index (χ1) is 7.11. The molecule has 1 aromatic rings. The van der Waals surface area contributed by atoms with Gasteiger partial charge in [0.25, 0.3) is 0 Å². The third-order valence-electron chi connectivity index (χ3n) is 1.96. The van der Waals surface area contributed by atoms with Gasteiger partial charge in [0.15, 0.2) is 0 Å². The van der Waals surface area contributed by atoms with Gasteiger partial charge < -0.3 is 5.32 Å². The van der Waals surface area contributed by atoms with Crippen molar-refractivity contribution < 1.29 is 4.79 Å². The zero-order chi connectivity index (χ0) is 11.3. The number of halogens is 1. The molecule has 1 rings (SSSR count). The highest BCUT2D eigenvalue weighted by molar-refractivity contribution is 9.08. The van der Waals surface area contributed by atoms with Crippen LogP contribution < -0.4 is 5.32 Å². The van der Waals surface area contributed by atoms with Crippen molar-refractivity contribution in [1.29, 1.82) is 0 Å². The van der Waals surface area contributed by atoms with Gasteiger partial charge in [-0.25, -0.2) is 0 Å². The average Bonchev–Trinajstić information content (AvgIpc) is 2.16. The maximum absolute atomic E-state index is 11.5. The van der Waals surface area contributed by atoms with Crippen LogP contribution in [0.4, 0.5) is 0 Å². The van der Waals surface area contributed by atoms with Crippen LogP contribution in [0.2, 0.25) is 0 Å². The van der Waals surface area contributed by atoms with E-state index in [0.29, 0.717) is 6.42 Å². The minimum atomic E-state index is 0.0803. The molecule has 0 fully saturated rings. The number of nitrogens with one attached hydrogen (secondary N) is 1. The maximum Gasteiger partial charge on any atom is 0.224 e. The van der Waals surface area contributed by atoms with Crippen LogP contribution in [-0.2, 0) is 16.5 Å². The normalized spacial score (nSPS) is 10.4. The van der Waals surface area contributed by atoms with Gasteiger partial charge in [-0.3, -0.25) is 4.79 Å². The minimum absolute atomic E-state index is 0.0803. The summed E-state index contributed by atoms with van der Waals surface area (Å²) in [7, 11) is 0. The van der Waals surface area contributed by atoms with Crippen molar-refractivity contribution in [3.05, 3.63) is 35.4 Å². The number of carbonyl (C=O) groups excluding carboxylic acids is 1. The van der Waals surface area contributed by atoms with E-state index in [2.05, 4.69) is 27.3 Å². The van der Waals surface area contributed by atoms with E-state index >= 15 is 0 Å². The standard InChI is InChI=1S/C12H16BrNO/c1-9(2)14-12(15)7-10-4-3-5-11(6-10)8-13/h3-6,9H,7-8H2,1-2H3,(H,14,15). The van der Waals surface area contributed by atoms with E-state index in [1.807, 2.05) is 32.0 Å². The Morgan fingerprint density at radius 3 is 2.67 bits per heavy atom. The molecule has 0 aromatic heterocycles. The first kappa shape index (κ1) is 12.2. The van der Waals surface area contributed by atoms with Crippen molar-refractivity contribution in [2.75, 3.05) is 0 Å². The van der Waals surface area contributed by atoms with Crippen LogP contribution >= 0.6 is 15.9 Å². The van der Waals surface area contributed by atoms with Crippen molar-refractivity contribution in [1.82, 2.24) is 5.32 Å². The Balaban J connectivity index is 2.60. The lowest BCUT2D eigenvalue weighted by molar-refractivity contribution is -0.120. The summed E-state index contributed by atoms with van der Waals surface area (Å²) in [5.74, 6) is 0.0803. The lowest BCUT2D eigenvalue weighted by Crippen LogP contribution is -2.31. The van der Waals surface area contributed by atoms with Gasteiger partial charge in [-0.15, -0.1) is 0 Å². The molecule has 0 spiro atoms. The lowest BCUT2D eigenvalue weighted by Gasteiger charge is -2.08. The Labute approximate surface area is 99.2 Å². The SMILES string of the molecule is CC(C)NC(=O)Cc1cccc(CBr)c1. The predicted octanol–water partition coefficient (Wildman–Crippen LogP) is 2.65. The summed E-state index contributed by atoms with van der Waals surface area (Å²) >= 11 is 3.40. The first-order valence-corrected chi connectivity index (χ1v) is 6.17. The topological polar surface area (TPSA) is 29.1 Å². The van der Waals surface area contributed by atoms with E-state index in [0.717, 1.165) is 10.9 Å². The van der Waals surface area contributed by atoms with Crippen LogP contribution in [0.5, 0.6) is 0 Å². The van der Waals surface area contributed by atoms with Gasteiger partial charge in [0.05, 0.1) is 6.42 Å². The van der Waals surface area contributed by atoms with Gasteiger partial charge in [-0.2, -0.15) is 0 Å². The van der Waals surface area contributed by atoms with Crippen LogP contribution in [0, 0.1) is 0 Å². The van der Waals surface area contributed by atoms with Crippen LogP contribution in [-0.4, -0.2) is 11.9 Å². The van der Waals surface area contributed by atoms with Gasteiger partial charge >= 0.3 is 0 Å². The van der Waals surface area contributed by atoms with Crippen molar-refractivity contribution in [3.8, 4) is 0 Å². The van der Waals surface area contributed by atoms with Crippen molar-refractivity contribution >= 4 is 21.8 Å². The van der Waals surface area contributed by atoms with E-state index in [-0.39, 0.29) is 11.9 Å². The van der Waals surface area contributed by atoms with Gasteiger partial charge in [0.1, 0.15) is 0 Å². The summed E-state index contributed by atoms with van der Waals surface area (Å²) in [4.78, 5) is 11.5. The van der Waals surface area contributed by atoms with Crippen LogP contribution in [0.3, 0.4) is 0 Å². The molecule has 3 heteroatoms. The smallest absolute Gasteiger partial charge is 0.224 e. The number of amides is 1. The molecule has 1 aromatic carbocycles. The number of hydrogen-bond donors (Lipinski definition) is 1. The molecule has 0 bridgehead atoms. The molecular formula is C12H16BrNO. The van der Waals surface area contributed by atoms with Crippen molar-refractivity contribution in [2.45, 2.75) is 31.6 Å². The molecule has 0 aliphatic rings. The van der Waals surface area contributed by atoms with E-state index in [1.165, 1.54) is 5.56 Å². The van der Waals surface area contributed by atoms with Gasteiger partial charge in [-0.05, 0) is 25.0 Å².